The van der Waals surface area contributed by atoms with Crippen LogP contribution in [0.5, 0.6) is 11.5 Å². The van der Waals surface area contributed by atoms with Gasteiger partial charge >= 0.3 is 7.12 Å². The average Bonchev–Trinajstić information content (AvgIpc) is 3.45. The predicted molar refractivity (Wildman–Crippen MR) is 210 cm³/mol. The van der Waals surface area contributed by atoms with Crippen molar-refractivity contribution < 1.29 is 29.1 Å². The Morgan fingerprint density at radius 1 is 0.852 bits per heavy atom. The lowest BCUT2D eigenvalue weighted by molar-refractivity contribution is -0.122. The van der Waals surface area contributed by atoms with Gasteiger partial charge in [-0.15, -0.1) is 0 Å². The number of carbonyl (C=O) groups is 2. The number of carbonyl (C=O) groups excluding carboxylic acids is 2. The number of nitrogens with one attached hydrogen (secondary N) is 1. The smallest absolute Gasteiger partial charge is 0.455 e. The Kier molecular flexibility index (Phi) is 10.1. The molecule has 3 aliphatic rings. The van der Waals surface area contributed by atoms with Crippen molar-refractivity contribution in [3.8, 4) is 11.5 Å². The predicted octanol–water partition coefficient (Wildman–Crippen LogP) is 7.93. The molecule has 270 valence electrons. The number of phenols is 1. The second kappa shape index (κ2) is 15.6. The number of ether oxygens (including phenoxy) is 1. The first-order valence-corrected chi connectivity index (χ1v) is 18.4. The van der Waals surface area contributed by atoms with E-state index in [0.717, 1.165) is 39.4 Å². The van der Waals surface area contributed by atoms with Gasteiger partial charge in [0.1, 0.15) is 18.1 Å². The van der Waals surface area contributed by atoms with Gasteiger partial charge in [0.15, 0.2) is 0 Å². The number of fused-ring (bicyclic) bond motifs is 3. The number of phenolic OH excluding ortho intramolecular Hbond substituents is 1. The molecule has 9 nitrogen and oxygen atoms in total. The van der Waals surface area contributed by atoms with Crippen LogP contribution in [0.1, 0.15) is 30.5 Å². The summed E-state index contributed by atoms with van der Waals surface area (Å²) in [4.78, 5) is 34.6. The zero-order valence-electron chi connectivity index (χ0n) is 29.6. The highest BCUT2D eigenvalue weighted by Gasteiger charge is 2.57. The molecule has 4 atom stereocenters. The van der Waals surface area contributed by atoms with Crippen LogP contribution in [0.3, 0.4) is 0 Å². The van der Waals surface area contributed by atoms with Crippen LogP contribution in [0.2, 0.25) is 6.32 Å². The molecule has 0 radical (unpaired) electrons. The Morgan fingerprint density at radius 3 is 2.28 bits per heavy atom. The lowest BCUT2D eigenvalue weighted by Gasteiger charge is -2.43. The molecule has 1 aliphatic carbocycles. The molecule has 10 heteroatoms. The van der Waals surface area contributed by atoms with Crippen LogP contribution in [0, 0.1) is 17.8 Å². The lowest BCUT2D eigenvalue weighted by atomic mass is 9.58. The third-order valence-electron chi connectivity index (χ3n) is 10.6. The highest BCUT2D eigenvalue weighted by molar-refractivity contribution is 6.43. The van der Waals surface area contributed by atoms with E-state index < -0.39 is 31.0 Å². The maximum atomic E-state index is 14.4. The van der Waals surface area contributed by atoms with Crippen molar-refractivity contribution in [2.45, 2.75) is 31.7 Å². The molecule has 0 saturated carbocycles. The van der Waals surface area contributed by atoms with Crippen LogP contribution in [-0.4, -0.2) is 46.8 Å². The standard InChI is InChI=1S/C44H40BN3O6/c49-35-21-14-29(15-22-35)25-30(39-13-7-8-24-46-39)16-23-40-41-31(28-53-36-11-5-2-6-12-36)26-37-42(38(41)27-45(52)54-40)44(51)48(43(37)50)34-19-17-33(18-20-34)47-32-9-3-1-4-10-32/h1-15,17-22,24-25,37-38,40,42,47,49,52H,16,23,26-28H2/b30-25-/t37-,38+,40-,42-/m1/s1. The van der Waals surface area contributed by atoms with Crippen molar-refractivity contribution >= 4 is 47.6 Å². The van der Waals surface area contributed by atoms with Crippen molar-refractivity contribution in [3.05, 3.63) is 156 Å². The van der Waals surface area contributed by atoms with Gasteiger partial charge in [-0.1, -0.05) is 54.6 Å². The van der Waals surface area contributed by atoms with Gasteiger partial charge in [-0.2, -0.15) is 0 Å². The number of hydrogen-bond acceptors (Lipinski definition) is 8. The summed E-state index contributed by atoms with van der Waals surface area (Å²) in [5, 5.41) is 24.4. The molecule has 4 aromatic carbocycles. The molecule has 54 heavy (non-hydrogen) atoms. The minimum Gasteiger partial charge on any atom is -0.508 e. The van der Waals surface area contributed by atoms with Gasteiger partial charge in [0.2, 0.25) is 11.8 Å². The van der Waals surface area contributed by atoms with E-state index in [2.05, 4.69) is 10.3 Å². The molecule has 0 unspecified atom stereocenters. The minimum absolute atomic E-state index is 0.186. The van der Waals surface area contributed by atoms with E-state index in [1.165, 1.54) is 4.90 Å². The molecule has 2 fully saturated rings. The van der Waals surface area contributed by atoms with E-state index in [1.807, 2.05) is 109 Å². The average molecular weight is 718 g/mol. The number of anilines is 3. The van der Waals surface area contributed by atoms with Crippen molar-refractivity contribution in [2.75, 3.05) is 16.8 Å². The SMILES string of the molecule is O=C1[C@@H]2[C@@H](CC(COc3ccccc3)=C3[C@@H](CC/C(=C/c4ccc(O)cc4)c4ccccn4)OB(O)C[C@@H]32)C(=O)N1c1ccc(Nc2ccccc2)cc1. The van der Waals surface area contributed by atoms with Crippen LogP contribution in [0.25, 0.3) is 11.6 Å². The summed E-state index contributed by atoms with van der Waals surface area (Å²) < 4.78 is 12.6. The fraction of sp³-hybridized carbons (Fsp3) is 0.205. The first-order chi connectivity index (χ1) is 26.4. The highest BCUT2D eigenvalue weighted by Crippen LogP contribution is 2.51. The summed E-state index contributed by atoms with van der Waals surface area (Å²) in [6, 6.07) is 39.4. The number of pyridine rings is 1. The van der Waals surface area contributed by atoms with Crippen LogP contribution in [0.15, 0.2) is 145 Å². The molecule has 3 heterocycles. The number of aromatic nitrogens is 1. The van der Waals surface area contributed by atoms with E-state index in [1.54, 1.807) is 30.5 Å². The maximum absolute atomic E-state index is 14.4. The Balaban J connectivity index is 1.10. The summed E-state index contributed by atoms with van der Waals surface area (Å²) >= 11 is 0. The summed E-state index contributed by atoms with van der Waals surface area (Å²) in [5.41, 5.74) is 6.83. The number of imide groups is 1. The molecule has 3 N–H and O–H groups in total. The lowest BCUT2D eigenvalue weighted by Crippen LogP contribution is -2.46. The van der Waals surface area contributed by atoms with Crippen molar-refractivity contribution in [3.63, 3.8) is 0 Å². The number of amides is 2. The van der Waals surface area contributed by atoms with Crippen LogP contribution < -0.4 is 15.0 Å². The van der Waals surface area contributed by atoms with Gasteiger partial charge in [0.25, 0.3) is 0 Å². The number of allylic oxidation sites excluding steroid dienone is 1. The monoisotopic (exact) mass is 717 g/mol. The van der Waals surface area contributed by atoms with E-state index in [0.29, 0.717) is 30.7 Å². The van der Waals surface area contributed by atoms with Crippen LogP contribution in [-0.2, 0) is 14.2 Å². The molecule has 2 amide bonds. The summed E-state index contributed by atoms with van der Waals surface area (Å²) in [6.07, 6.45) is 4.87. The molecular formula is C44H40BN3O6. The molecule has 8 rings (SSSR count). The Hall–Kier alpha value is -5.97. The molecule has 5 aromatic rings. The number of rotatable bonds is 11. The van der Waals surface area contributed by atoms with Gasteiger partial charge in [0.05, 0.1) is 29.3 Å². The normalized spacial score (nSPS) is 21.2. The number of para-hydroxylation sites is 2. The van der Waals surface area contributed by atoms with E-state index in [9.17, 15) is 19.7 Å². The van der Waals surface area contributed by atoms with Crippen LogP contribution >= 0.6 is 0 Å². The fourth-order valence-electron chi connectivity index (χ4n) is 8.11. The van der Waals surface area contributed by atoms with Crippen molar-refractivity contribution in [2.24, 2.45) is 17.8 Å². The molecule has 2 aliphatic heterocycles. The summed E-state index contributed by atoms with van der Waals surface area (Å²) in [5.74, 6) is -1.25. The number of benzene rings is 4. The summed E-state index contributed by atoms with van der Waals surface area (Å²) in [6.45, 7) is 0.229. The zero-order valence-corrected chi connectivity index (χ0v) is 29.6. The van der Waals surface area contributed by atoms with Crippen molar-refractivity contribution in [1.29, 1.82) is 0 Å². The molecule has 0 bridgehead atoms. The first kappa shape index (κ1) is 35.1. The fourth-order valence-corrected chi connectivity index (χ4v) is 8.11. The Labute approximate surface area is 314 Å². The van der Waals surface area contributed by atoms with Crippen molar-refractivity contribution in [1.82, 2.24) is 4.98 Å². The van der Waals surface area contributed by atoms with E-state index in [-0.39, 0.29) is 30.5 Å². The first-order valence-electron chi connectivity index (χ1n) is 18.4. The third kappa shape index (κ3) is 7.44. The van der Waals surface area contributed by atoms with Gasteiger partial charge in [-0.3, -0.25) is 19.5 Å². The number of aromatic hydroxyl groups is 1. The number of hydrogen-bond donors (Lipinski definition) is 3. The maximum Gasteiger partial charge on any atom is 0.455 e. The van der Waals surface area contributed by atoms with Gasteiger partial charge in [-0.25, -0.2) is 0 Å². The number of nitrogens with zero attached hydrogens (tertiary/aromatic N) is 2. The quantitative estimate of drug-likeness (QED) is 0.0716. The Morgan fingerprint density at radius 2 is 1.56 bits per heavy atom. The highest BCUT2D eigenvalue weighted by atomic mass is 16.5. The molecule has 2 saturated heterocycles. The van der Waals surface area contributed by atoms with Gasteiger partial charge in [-0.05, 0) is 133 Å². The topological polar surface area (TPSA) is 121 Å². The third-order valence-corrected chi connectivity index (χ3v) is 10.6. The molecule has 0 spiro atoms. The summed E-state index contributed by atoms with van der Waals surface area (Å²) in [7, 11) is -1.11. The second-order valence-electron chi connectivity index (χ2n) is 14.0. The van der Waals surface area contributed by atoms with E-state index in [4.69, 9.17) is 9.39 Å². The largest absolute Gasteiger partial charge is 0.508 e. The molecule has 1 aromatic heterocycles. The zero-order chi connectivity index (χ0) is 37.0. The van der Waals surface area contributed by atoms with E-state index >= 15 is 0 Å². The van der Waals surface area contributed by atoms with Gasteiger partial charge in [0, 0.05) is 17.6 Å². The minimum atomic E-state index is -1.11. The van der Waals surface area contributed by atoms with Gasteiger partial charge < -0.3 is 24.8 Å². The Bertz CT molecular complexity index is 2160. The second-order valence-corrected chi connectivity index (χ2v) is 14.0. The van der Waals surface area contributed by atoms with Crippen LogP contribution in [0.4, 0.5) is 17.1 Å². The molecular weight excluding hydrogens is 677 g/mol.